The number of rotatable bonds is 5. The van der Waals surface area contributed by atoms with Crippen molar-refractivity contribution < 1.29 is 5.11 Å². The normalized spacial score (nSPS) is 31.3. The number of aliphatic hydroxyl groups is 1. The summed E-state index contributed by atoms with van der Waals surface area (Å²) < 4.78 is 0. The quantitative estimate of drug-likeness (QED) is 0.786. The van der Waals surface area contributed by atoms with E-state index in [-0.39, 0.29) is 0 Å². The first-order valence-electron chi connectivity index (χ1n) is 7.78. The second-order valence-corrected chi connectivity index (χ2v) is 6.62. The van der Waals surface area contributed by atoms with Crippen molar-refractivity contribution in [1.82, 2.24) is 10.2 Å². The van der Waals surface area contributed by atoms with E-state index in [2.05, 4.69) is 24.1 Å². The fraction of sp³-hybridized carbons (Fsp3) is 1.00. The summed E-state index contributed by atoms with van der Waals surface area (Å²) in [7, 11) is 0. The first-order valence-corrected chi connectivity index (χ1v) is 7.78. The van der Waals surface area contributed by atoms with Gasteiger partial charge in [0, 0.05) is 25.2 Å². The minimum Gasteiger partial charge on any atom is -0.396 e. The Bertz CT molecular complexity index is 237. The molecule has 1 saturated heterocycles. The molecule has 2 fully saturated rings. The van der Waals surface area contributed by atoms with Gasteiger partial charge in [0.25, 0.3) is 0 Å². The van der Waals surface area contributed by atoms with Crippen LogP contribution in [0.4, 0.5) is 0 Å². The molecular formula is C15H30N2O. The molecule has 2 aliphatic rings. The van der Waals surface area contributed by atoms with Gasteiger partial charge in [-0.15, -0.1) is 0 Å². The van der Waals surface area contributed by atoms with E-state index in [1.165, 1.54) is 51.7 Å². The fourth-order valence-corrected chi connectivity index (χ4v) is 3.58. The Balaban J connectivity index is 1.70. The van der Waals surface area contributed by atoms with Crippen LogP contribution in [-0.4, -0.2) is 48.3 Å². The average Bonchev–Trinajstić information content (AvgIpc) is 2.78. The van der Waals surface area contributed by atoms with E-state index in [4.69, 9.17) is 0 Å². The highest BCUT2D eigenvalue weighted by Crippen LogP contribution is 2.26. The molecular weight excluding hydrogens is 224 g/mol. The summed E-state index contributed by atoms with van der Waals surface area (Å²) in [4.78, 5) is 2.60. The molecule has 3 heteroatoms. The molecule has 1 heterocycles. The molecule has 0 aromatic carbocycles. The lowest BCUT2D eigenvalue weighted by Crippen LogP contribution is -2.48. The van der Waals surface area contributed by atoms with Gasteiger partial charge in [-0.2, -0.15) is 0 Å². The third-order valence-corrected chi connectivity index (χ3v) is 4.55. The Labute approximate surface area is 112 Å². The predicted octanol–water partition coefficient (Wildman–Crippen LogP) is 1.86. The molecule has 2 rings (SSSR count). The molecule has 1 aliphatic heterocycles. The molecule has 0 bridgehead atoms. The third kappa shape index (κ3) is 3.94. The fourth-order valence-electron chi connectivity index (χ4n) is 3.58. The molecule has 2 unspecified atom stereocenters. The summed E-state index contributed by atoms with van der Waals surface area (Å²) >= 11 is 0. The van der Waals surface area contributed by atoms with Crippen molar-refractivity contribution in [3.63, 3.8) is 0 Å². The second-order valence-electron chi connectivity index (χ2n) is 6.62. The maximum atomic E-state index is 9.36. The Hall–Kier alpha value is -0.120. The average molecular weight is 254 g/mol. The van der Waals surface area contributed by atoms with E-state index in [1.807, 2.05) is 0 Å². The summed E-state index contributed by atoms with van der Waals surface area (Å²) in [6.07, 6.45) is 6.32. The van der Waals surface area contributed by atoms with Crippen LogP contribution < -0.4 is 5.32 Å². The standard InChI is InChI=1S/C15H30N2O/c1-12(2)10-17-8-6-14(7-9-17)16-15-5-3-4-13(15)11-18/h12-16,18H,3-11H2,1-2H3. The van der Waals surface area contributed by atoms with Crippen LogP contribution in [0.15, 0.2) is 0 Å². The first kappa shape index (κ1) is 14.3. The van der Waals surface area contributed by atoms with Crippen LogP contribution in [0.2, 0.25) is 0 Å². The molecule has 1 aliphatic carbocycles. The third-order valence-electron chi connectivity index (χ3n) is 4.55. The van der Waals surface area contributed by atoms with Crippen molar-refractivity contribution in [3.05, 3.63) is 0 Å². The molecule has 0 aromatic rings. The van der Waals surface area contributed by atoms with Gasteiger partial charge in [-0.3, -0.25) is 0 Å². The molecule has 2 N–H and O–H groups in total. The number of aliphatic hydroxyl groups excluding tert-OH is 1. The van der Waals surface area contributed by atoms with E-state index < -0.39 is 0 Å². The zero-order valence-corrected chi connectivity index (χ0v) is 12.1. The van der Waals surface area contributed by atoms with Gasteiger partial charge in [-0.05, 0) is 50.6 Å². The molecule has 18 heavy (non-hydrogen) atoms. The molecule has 1 saturated carbocycles. The Kier molecular flexibility index (Phi) is 5.46. The van der Waals surface area contributed by atoms with Gasteiger partial charge in [0.2, 0.25) is 0 Å². The van der Waals surface area contributed by atoms with Crippen LogP contribution in [0.1, 0.15) is 46.0 Å². The maximum Gasteiger partial charge on any atom is 0.0474 e. The monoisotopic (exact) mass is 254 g/mol. The summed E-state index contributed by atoms with van der Waals surface area (Å²) in [5.74, 6) is 1.29. The van der Waals surface area contributed by atoms with E-state index in [0.717, 1.165) is 5.92 Å². The van der Waals surface area contributed by atoms with Crippen LogP contribution in [-0.2, 0) is 0 Å². The van der Waals surface area contributed by atoms with Crippen molar-refractivity contribution in [3.8, 4) is 0 Å². The number of piperidine rings is 1. The number of nitrogens with one attached hydrogen (secondary N) is 1. The highest BCUT2D eigenvalue weighted by atomic mass is 16.3. The number of hydrogen-bond acceptors (Lipinski definition) is 3. The van der Waals surface area contributed by atoms with Crippen molar-refractivity contribution >= 4 is 0 Å². The Morgan fingerprint density at radius 2 is 1.89 bits per heavy atom. The van der Waals surface area contributed by atoms with Crippen molar-refractivity contribution in [1.29, 1.82) is 0 Å². The summed E-state index contributed by atoms with van der Waals surface area (Å²) in [6, 6.07) is 1.27. The largest absolute Gasteiger partial charge is 0.396 e. The van der Waals surface area contributed by atoms with Crippen LogP contribution in [0.3, 0.4) is 0 Å². The maximum absolute atomic E-state index is 9.36. The smallest absolute Gasteiger partial charge is 0.0474 e. The van der Waals surface area contributed by atoms with Crippen LogP contribution in [0, 0.1) is 11.8 Å². The summed E-state index contributed by atoms with van der Waals surface area (Å²) in [5.41, 5.74) is 0. The van der Waals surface area contributed by atoms with Crippen LogP contribution in [0.5, 0.6) is 0 Å². The first-order chi connectivity index (χ1) is 8.69. The molecule has 0 spiro atoms. The predicted molar refractivity (Wildman–Crippen MR) is 75.7 cm³/mol. The molecule has 0 amide bonds. The topological polar surface area (TPSA) is 35.5 Å². The van der Waals surface area contributed by atoms with Gasteiger partial charge in [-0.25, -0.2) is 0 Å². The van der Waals surface area contributed by atoms with Gasteiger partial charge in [0.15, 0.2) is 0 Å². The zero-order chi connectivity index (χ0) is 13.0. The zero-order valence-electron chi connectivity index (χ0n) is 12.1. The lowest BCUT2D eigenvalue weighted by Gasteiger charge is -2.35. The Morgan fingerprint density at radius 3 is 2.50 bits per heavy atom. The van der Waals surface area contributed by atoms with Crippen molar-refractivity contribution in [2.24, 2.45) is 11.8 Å². The minimum atomic E-state index is 0.365. The molecule has 106 valence electrons. The molecule has 0 radical (unpaired) electrons. The van der Waals surface area contributed by atoms with E-state index in [0.29, 0.717) is 24.6 Å². The van der Waals surface area contributed by atoms with Crippen LogP contribution in [0.25, 0.3) is 0 Å². The molecule has 2 atom stereocenters. The summed E-state index contributed by atoms with van der Waals surface area (Å²) in [5, 5.41) is 13.2. The number of nitrogens with zero attached hydrogens (tertiary/aromatic N) is 1. The highest BCUT2D eigenvalue weighted by Gasteiger charge is 2.29. The number of hydrogen-bond donors (Lipinski definition) is 2. The summed E-state index contributed by atoms with van der Waals surface area (Å²) in [6.45, 7) is 8.70. The molecule has 0 aromatic heterocycles. The van der Waals surface area contributed by atoms with Gasteiger partial charge < -0.3 is 15.3 Å². The lowest BCUT2D eigenvalue weighted by molar-refractivity contribution is 0.156. The van der Waals surface area contributed by atoms with E-state index >= 15 is 0 Å². The Morgan fingerprint density at radius 1 is 1.17 bits per heavy atom. The van der Waals surface area contributed by atoms with E-state index in [9.17, 15) is 5.11 Å². The SMILES string of the molecule is CC(C)CN1CCC(NC2CCCC2CO)CC1. The van der Waals surface area contributed by atoms with Crippen LogP contribution >= 0.6 is 0 Å². The minimum absolute atomic E-state index is 0.365. The van der Waals surface area contributed by atoms with Gasteiger partial charge in [0.05, 0.1) is 0 Å². The lowest BCUT2D eigenvalue weighted by atomic mass is 9.99. The van der Waals surface area contributed by atoms with Crippen molar-refractivity contribution in [2.45, 2.75) is 58.0 Å². The second kappa shape index (κ2) is 6.88. The van der Waals surface area contributed by atoms with Gasteiger partial charge in [0.1, 0.15) is 0 Å². The van der Waals surface area contributed by atoms with Gasteiger partial charge in [-0.1, -0.05) is 20.3 Å². The van der Waals surface area contributed by atoms with Crippen molar-refractivity contribution in [2.75, 3.05) is 26.2 Å². The van der Waals surface area contributed by atoms with E-state index in [1.54, 1.807) is 0 Å². The number of likely N-dealkylation sites (tertiary alicyclic amines) is 1. The van der Waals surface area contributed by atoms with Gasteiger partial charge >= 0.3 is 0 Å². The molecule has 3 nitrogen and oxygen atoms in total. The highest BCUT2D eigenvalue weighted by molar-refractivity contribution is 4.87.